The largest absolute Gasteiger partial charge is 0.368 e. The Hall–Kier alpha value is -2.61. The minimum absolute atomic E-state index is 0.222. The number of carbonyl (C=O) groups is 1. The van der Waals surface area contributed by atoms with E-state index in [9.17, 15) is 17.6 Å². The number of benzene rings is 2. The summed E-state index contributed by atoms with van der Waals surface area (Å²) in [5.41, 5.74) is 3.16. The Morgan fingerprint density at radius 2 is 1.63 bits per heavy atom. The van der Waals surface area contributed by atoms with Crippen LogP contribution in [0.15, 0.2) is 42.5 Å². The minimum Gasteiger partial charge on any atom is -0.368 e. The Morgan fingerprint density at radius 3 is 2.20 bits per heavy atom. The van der Waals surface area contributed by atoms with Gasteiger partial charge in [-0.15, -0.1) is 0 Å². The van der Waals surface area contributed by atoms with Crippen LogP contribution in [-0.2, 0) is 14.8 Å². The highest BCUT2D eigenvalue weighted by Crippen LogP contribution is 2.27. The van der Waals surface area contributed by atoms with Crippen LogP contribution in [-0.4, -0.2) is 57.7 Å². The van der Waals surface area contributed by atoms with E-state index in [0.29, 0.717) is 31.9 Å². The number of hydrogen-bond donors (Lipinski definition) is 0. The first-order valence-electron chi connectivity index (χ1n) is 9.94. The molecule has 1 heterocycles. The highest BCUT2D eigenvalue weighted by molar-refractivity contribution is 7.92. The van der Waals surface area contributed by atoms with E-state index >= 15 is 0 Å². The first kappa shape index (κ1) is 22.1. The van der Waals surface area contributed by atoms with Gasteiger partial charge in [0.1, 0.15) is 11.9 Å². The molecule has 0 bridgehead atoms. The molecule has 2 aromatic rings. The monoisotopic (exact) mass is 433 g/mol. The zero-order chi connectivity index (χ0) is 22.1. The van der Waals surface area contributed by atoms with Crippen molar-refractivity contribution in [2.24, 2.45) is 0 Å². The number of nitrogens with zero attached hydrogens (tertiary/aromatic N) is 3. The Labute approximate surface area is 177 Å². The van der Waals surface area contributed by atoms with Crippen LogP contribution in [0.25, 0.3) is 0 Å². The van der Waals surface area contributed by atoms with Gasteiger partial charge in [0.2, 0.25) is 15.9 Å². The highest BCUT2D eigenvalue weighted by atomic mass is 32.2. The van der Waals surface area contributed by atoms with E-state index < -0.39 is 16.1 Å². The molecule has 1 amide bonds. The lowest BCUT2D eigenvalue weighted by molar-refractivity contribution is -0.132. The van der Waals surface area contributed by atoms with E-state index in [1.54, 1.807) is 30.0 Å². The number of piperazine rings is 1. The second-order valence-electron chi connectivity index (χ2n) is 7.81. The molecule has 3 rings (SSSR count). The maximum atomic E-state index is 13.2. The number of aryl methyl sites for hydroxylation is 2. The molecule has 0 radical (unpaired) electrons. The molecule has 8 heteroatoms. The summed E-state index contributed by atoms with van der Waals surface area (Å²) in [5.74, 6) is -0.506. The average Bonchev–Trinajstić information content (AvgIpc) is 2.70. The SMILES string of the molecule is Cc1ccc(C)c(N([C@H](C)C(=O)N2CCN(c3ccc(F)cc3)CC2)S(C)(=O)=O)c1. The minimum atomic E-state index is -3.66. The number of hydrogen-bond acceptors (Lipinski definition) is 4. The van der Waals surface area contributed by atoms with Crippen molar-refractivity contribution < 1.29 is 17.6 Å². The van der Waals surface area contributed by atoms with Crippen molar-refractivity contribution in [3.8, 4) is 0 Å². The molecule has 0 saturated carbocycles. The maximum Gasteiger partial charge on any atom is 0.246 e. The van der Waals surface area contributed by atoms with Crippen molar-refractivity contribution in [3.05, 3.63) is 59.4 Å². The van der Waals surface area contributed by atoms with Gasteiger partial charge in [-0.1, -0.05) is 12.1 Å². The van der Waals surface area contributed by atoms with E-state index in [4.69, 9.17) is 0 Å². The molecule has 0 spiro atoms. The van der Waals surface area contributed by atoms with Crippen LogP contribution in [0.1, 0.15) is 18.1 Å². The molecule has 0 aliphatic carbocycles. The van der Waals surface area contributed by atoms with Gasteiger partial charge in [0.05, 0.1) is 11.9 Å². The second kappa shape index (κ2) is 8.63. The van der Waals surface area contributed by atoms with Crippen LogP contribution in [0.5, 0.6) is 0 Å². The van der Waals surface area contributed by atoms with E-state index in [1.165, 1.54) is 16.4 Å². The fourth-order valence-corrected chi connectivity index (χ4v) is 5.05. The normalized spacial score (nSPS) is 15.8. The molecule has 1 aliphatic rings. The zero-order valence-electron chi connectivity index (χ0n) is 17.8. The summed E-state index contributed by atoms with van der Waals surface area (Å²) in [6.45, 7) is 7.53. The molecule has 30 heavy (non-hydrogen) atoms. The van der Waals surface area contributed by atoms with Crippen LogP contribution < -0.4 is 9.21 Å². The number of halogens is 1. The molecule has 0 unspecified atom stereocenters. The summed E-state index contributed by atoms with van der Waals surface area (Å²) in [6.07, 6.45) is 1.13. The molecular weight excluding hydrogens is 405 g/mol. The van der Waals surface area contributed by atoms with Crippen LogP contribution in [0, 0.1) is 19.7 Å². The molecule has 0 aromatic heterocycles. The second-order valence-corrected chi connectivity index (χ2v) is 9.67. The fourth-order valence-electron chi connectivity index (χ4n) is 3.83. The lowest BCUT2D eigenvalue weighted by atomic mass is 10.1. The Morgan fingerprint density at radius 1 is 1.03 bits per heavy atom. The number of amides is 1. The molecular formula is C22H28FN3O3S. The van der Waals surface area contributed by atoms with Crippen molar-refractivity contribution in [1.29, 1.82) is 0 Å². The highest BCUT2D eigenvalue weighted by Gasteiger charge is 2.34. The quantitative estimate of drug-likeness (QED) is 0.728. The van der Waals surface area contributed by atoms with Gasteiger partial charge in [0.15, 0.2) is 0 Å². The van der Waals surface area contributed by atoms with Crippen molar-refractivity contribution in [1.82, 2.24) is 4.90 Å². The van der Waals surface area contributed by atoms with Crippen LogP contribution >= 0.6 is 0 Å². The summed E-state index contributed by atoms with van der Waals surface area (Å²) in [7, 11) is -3.66. The number of anilines is 2. The smallest absolute Gasteiger partial charge is 0.246 e. The summed E-state index contributed by atoms with van der Waals surface area (Å²) in [4.78, 5) is 17.0. The van der Waals surface area contributed by atoms with Gasteiger partial charge in [-0.2, -0.15) is 0 Å². The van der Waals surface area contributed by atoms with Crippen molar-refractivity contribution in [3.63, 3.8) is 0 Å². The number of rotatable bonds is 5. The zero-order valence-corrected chi connectivity index (χ0v) is 18.6. The van der Waals surface area contributed by atoms with Gasteiger partial charge in [0.25, 0.3) is 0 Å². The number of carbonyl (C=O) groups excluding carboxylic acids is 1. The molecule has 2 aromatic carbocycles. The van der Waals surface area contributed by atoms with Gasteiger partial charge in [-0.3, -0.25) is 9.10 Å². The standard InChI is InChI=1S/C22H28FN3O3S/c1-16-5-6-17(2)21(15-16)26(30(4,28)29)18(3)22(27)25-13-11-24(12-14-25)20-9-7-19(23)8-10-20/h5-10,15,18H,11-14H2,1-4H3/t18-/m1/s1. The van der Waals surface area contributed by atoms with Crippen molar-refractivity contribution >= 4 is 27.3 Å². The first-order valence-corrected chi connectivity index (χ1v) is 11.8. The lowest BCUT2D eigenvalue weighted by Gasteiger charge is -2.39. The number of sulfonamides is 1. The van der Waals surface area contributed by atoms with Crippen LogP contribution in [0.4, 0.5) is 15.8 Å². The predicted molar refractivity (Wildman–Crippen MR) is 118 cm³/mol. The van der Waals surface area contributed by atoms with Gasteiger partial charge in [0, 0.05) is 31.9 Å². The first-order chi connectivity index (χ1) is 14.1. The summed E-state index contributed by atoms with van der Waals surface area (Å²) < 4.78 is 39.6. The summed E-state index contributed by atoms with van der Waals surface area (Å²) in [5, 5.41) is 0. The third kappa shape index (κ3) is 4.75. The van der Waals surface area contributed by atoms with Gasteiger partial charge >= 0.3 is 0 Å². The third-order valence-electron chi connectivity index (χ3n) is 5.45. The molecule has 1 aliphatic heterocycles. The molecule has 6 nitrogen and oxygen atoms in total. The van der Waals surface area contributed by atoms with E-state index in [1.807, 2.05) is 26.0 Å². The summed E-state index contributed by atoms with van der Waals surface area (Å²) in [6, 6.07) is 11.0. The van der Waals surface area contributed by atoms with E-state index in [2.05, 4.69) is 4.90 Å². The van der Waals surface area contributed by atoms with Crippen molar-refractivity contribution in [2.75, 3.05) is 41.6 Å². The molecule has 1 atom stereocenters. The fraction of sp³-hybridized carbons (Fsp3) is 0.409. The van der Waals surface area contributed by atoms with Gasteiger partial charge < -0.3 is 9.80 Å². The Bertz CT molecular complexity index is 1020. The van der Waals surface area contributed by atoms with Crippen molar-refractivity contribution in [2.45, 2.75) is 26.8 Å². The van der Waals surface area contributed by atoms with E-state index in [-0.39, 0.29) is 11.7 Å². The van der Waals surface area contributed by atoms with Gasteiger partial charge in [-0.05, 0) is 62.2 Å². The van der Waals surface area contributed by atoms with Crippen LogP contribution in [0.3, 0.4) is 0 Å². The molecule has 162 valence electrons. The molecule has 0 N–H and O–H groups in total. The predicted octanol–water partition coefficient (Wildman–Crippen LogP) is 2.95. The summed E-state index contributed by atoms with van der Waals surface area (Å²) >= 11 is 0. The third-order valence-corrected chi connectivity index (χ3v) is 6.68. The Balaban J connectivity index is 1.76. The molecule has 1 fully saturated rings. The Kier molecular flexibility index (Phi) is 6.36. The lowest BCUT2D eigenvalue weighted by Crippen LogP contribution is -2.55. The topological polar surface area (TPSA) is 60.9 Å². The average molecular weight is 434 g/mol. The van der Waals surface area contributed by atoms with Crippen LogP contribution in [0.2, 0.25) is 0 Å². The van der Waals surface area contributed by atoms with E-state index in [0.717, 1.165) is 23.1 Å². The van der Waals surface area contributed by atoms with Gasteiger partial charge in [-0.25, -0.2) is 12.8 Å². The maximum absolute atomic E-state index is 13.2. The molecule has 1 saturated heterocycles.